The van der Waals surface area contributed by atoms with Crippen LogP contribution in [0.2, 0.25) is 0 Å². The van der Waals surface area contributed by atoms with Gasteiger partial charge >= 0.3 is 0 Å². The summed E-state index contributed by atoms with van der Waals surface area (Å²) in [6.45, 7) is 0.277. The van der Waals surface area contributed by atoms with Gasteiger partial charge in [-0.05, 0) is 17.2 Å². The second-order valence-electron chi connectivity index (χ2n) is 7.31. The molecule has 4 N–H and O–H groups in total. The van der Waals surface area contributed by atoms with E-state index in [9.17, 15) is 14.4 Å². The van der Waals surface area contributed by atoms with Gasteiger partial charge in [-0.25, -0.2) is 0 Å². The molecule has 1 fully saturated rings. The number of ether oxygens (including phenoxy) is 1. The Morgan fingerprint density at radius 1 is 1.00 bits per heavy atom. The smallest absolute Gasteiger partial charge is 0.256 e. The number of hydrogen-bond acceptors (Lipinski definition) is 5. The van der Waals surface area contributed by atoms with E-state index < -0.39 is 30.1 Å². The third-order valence-electron chi connectivity index (χ3n) is 4.84. The predicted octanol–water partition coefficient (Wildman–Crippen LogP) is 0.667. The van der Waals surface area contributed by atoms with E-state index in [2.05, 4.69) is 10.6 Å². The number of carbonyl (C=O) groups excluding carboxylic acids is 3. The third kappa shape index (κ3) is 5.22. The van der Waals surface area contributed by atoms with Crippen LogP contribution in [0.1, 0.15) is 11.1 Å². The van der Waals surface area contributed by atoms with Crippen molar-refractivity contribution in [2.75, 3.05) is 19.4 Å². The molecule has 158 valence electrons. The van der Waals surface area contributed by atoms with E-state index in [-0.39, 0.29) is 12.5 Å². The van der Waals surface area contributed by atoms with Crippen molar-refractivity contribution in [1.29, 1.82) is 0 Å². The molecule has 1 saturated heterocycles. The van der Waals surface area contributed by atoms with Gasteiger partial charge in [0, 0.05) is 32.7 Å². The minimum atomic E-state index is -0.928. The summed E-state index contributed by atoms with van der Waals surface area (Å²) in [6, 6.07) is 15.8. The quantitative estimate of drug-likeness (QED) is 0.553. The summed E-state index contributed by atoms with van der Waals surface area (Å²) in [5, 5.41) is 5.47. The monoisotopic (exact) mass is 410 g/mol. The molecule has 0 aliphatic carbocycles. The van der Waals surface area contributed by atoms with E-state index in [1.165, 1.54) is 4.90 Å². The van der Waals surface area contributed by atoms with Crippen molar-refractivity contribution >= 4 is 23.4 Å². The summed E-state index contributed by atoms with van der Waals surface area (Å²) in [6.07, 6.45) is -1.48. The lowest BCUT2D eigenvalue weighted by Gasteiger charge is -2.21. The Labute approximate surface area is 175 Å². The van der Waals surface area contributed by atoms with Crippen LogP contribution in [-0.2, 0) is 32.1 Å². The van der Waals surface area contributed by atoms with Crippen LogP contribution in [-0.4, -0.2) is 55.0 Å². The van der Waals surface area contributed by atoms with Crippen LogP contribution >= 0.6 is 0 Å². The number of para-hydroxylation sites is 1. The molecule has 1 aliphatic heterocycles. The highest BCUT2D eigenvalue weighted by Crippen LogP contribution is 2.25. The minimum Gasteiger partial charge on any atom is -0.349 e. The zero-order valence-corrected chi connectivity index (χ0v) is 17.0. The second kappa shape index (κ2) is 9.51. The molecule has 0 unspecified atom stereocenters. The maximum absolute atomic E-state index is 12.6. The number of epoxide rings is 1. The molecule has 8 nitrogen and oxygen atoms in total. The summed E-state index contributed by atoms with van der Waals surface area (Å²) >= 11 is 0. The molecule has 0 saturated carbocycles. The first-order valence-corrected chi connectivity index (χ1v) is 9.70. The van der Waals surface area contributed by atoms with Gasteiger partial charge in [0.1, 0.15) is 6.04 Å². The van der Waals surface area contributed by atoms with Gasteiger partial charge < -0.3 is 26.0 Å². The maximum atomic E-state index is 12.6. The van der Waals surface area contributed by atoms with Gasteiger partial charge in [0.15, 0.2) is 12.2 Å². The van der Waals surface area contributed by atoms with Crippen molar-refractivity contribution in [1.82, 2.24) is 10.2 Å². The molecule has 1 heterocycles. The standard InChI is InChI=1S/C22H26N4O4/c1-26(2)22(29)17(12-14-8-4-3-5-9-14)25-21(28)19-18(30-19)20(27)24-16-11-7-6-10-15(16)13-23/h3-11,17-19H,12-13,23H2,1-2H3,(H,24,27)(H,25,28)/t17-,18-,19-/m0/s1. The first kappa shape index (κ1) is 21.5. The molecule has 3 amide bonds. The third-order valence-corrected chi connectivity index (χ3v) is 4.84. The zero-order valence-electron chi connectivity index (χ0n) is 17.0. The van der Waals surface area contributed by atoms with Gasteiger partial charge in [-0.15, -0.1) is 0 Å². The van der Waals surface area contributed by atoms with E-state index >= 15 is 0 Å². The number of rotatable bonds is 8. The molecule has 0 bridgehead atoms. The number of hydrogen-bond donors (Lipinski definition) is 3. The van der Waals surface area contributed by atoms with Crippen molar-refractivity contribution in [3.05, 3.63) is 65.7 Å². The fraction of sp³-hybridized carbons (Fsp3) is 0.318. The second-order valence-corrected chi connectivity index (χ2v) is 7.31. The Kier molecular flexibility index (Phi) is 6.81. The molecular formula is C22H26N4O4. The Bertz CT molecular complexity index is 916. The lowest BCUT2D eigenvalue weighted by Crippen LogP contribution is -2.49. The van der Waals surface area contributed by atoms with Crippen molar-refractivity contribution in [3.8, 4) is 0 Å². The SMILES string of the molecule is CN(C)C(=O)[C@H](Cc1ccccc1)NC(=O)[C@H]1O[C@@H]1C(=O)Nc1ccccc1CN. The normalized spacial score (nSPS) is 18.2. The molecule has 0 spiro atoms. The van der Waals surface area contributed by atoms with E-state index in [0.29, 0.717) is 12.1 Å². The number of amides is 3. The number of benzene rings is 2. The molecule has 0 aromatic heterocycles. The van der Waals surface area contributed by atoms with Crippen molar-refractivity contribution < 1.29 is 19.1 Å². The zero-order chi connectivity index (χ0) is 21.7. The molecule has 3 rings (SSSR count). The highest BCUT2D eigenvalue weighted by atomic mass is 16.6. The summed E-state index contributed by atoms with van der Waals surface area (Å²) in [7, 11) is 3.26. The van der Waals surface area contributed by atoms with E-state index in [1.807, 2.05) is 42.5 Å². The highest BCUT2D eigenvalue weighted by molar-refractivity contribution is 6.02. The summed E-state index contributed by atoms with van der Waals surface area (Å²) in [4.78, 5) is 39.0. The Morgan fingerprint density at radius 2 is 1.63 bits per heavy atom. The molecule has 3 atom stereocenters. The van der Waals surface area contributed by atoms with E-state index in [1.54, 1.807) is 26.2 Å². The maximum Gasteiger partial charge on any atom is 0.256 e. The molecule has 30 heavy (non-hydrogen) atoms. The summed E-state index contributed by atoms with van der Waals surface area (Å²) in [5.74, 6) is -1.14. The number of nitrogens with one attached hydrogen (secondary N) is 2. The molecule has 1 aliphatic rings. The van der Waals surface area contributed by atoms with E-state index in [4.69, 9.17) is 10.5 Å². The van der Waals surface area contributed by atoms with Gasteiger partial charge in [0.05, 0.1) is 0 Å². The highest BCUT2D eigenvalue weighted by Gasteiger charge is 2.51. The van der Waals surface area contributed by atoms with Gasteiger partial charge in [-0.3, -0.25) is 14.4 Å². The molecule has 8 heteroatoms. The molecular weight excluding hydrogens is 384 g/mol. The molecule has 0 radical (unpaired) electrons. The van der Waals surface area contributed by atoms with Crippen molar-refractivity contribution in [2.24, 2.45) is 5.73 Å². The topological polar surface area (TPSA) is 117 Å². The Hall–Kier alpha value is -3.23. The van der Waals surface area contributed by atoms with Crippen LogP contribution in [0.15, 0.2) is 54.6 Å². The first-order chi connectivity index (χ1) is 14.4. The van der Waals surface area contributed by atoms with Crippen LogP contribution in [0.25, 0.3) is 0 Å². The van der Waals surface area contributed by atoms with Crippen LogP contribution in [0.4, 0.5) is 5.69 Å². The number of carbonyl (C=O) groups is 3. The fourth-order valence-corrected chi connectivity index (χ4v) is 3.15. The average molecular weight is 410 g/mol. The van der Waals surface area contributed by atoms with Gasteiger partial charge in [0.2, 0.25) is 5.91 Å². The number of anilines is 1. The molecule has 2 aromatic carbocycles. The fourth-order valence-electron chi connectivity index (χ4n) is 3.15. The molecule has 2 aromatic rings. The van der Waals surface area contributed by atoms with Crippen LogP contribution < -0.4 is 16.4 Å². The van der Waals surface area contributed by atoms with Gasteiger partial charge in [-0.1, -0.05) is 48.5 Å². The average Bonchev–Trinajstić information content (AvgIpc) is 3.55. The van der Waals surface area contributed by atoms with Crippen LogP contribution in [0.5, 0.6) is 0 Å². The van der Waals surface area contributed by atoms with Crippen molar-refractivity contribution in [2.45, 2.75) is 31.2 Å². The lowest BCUT2D eigenvalue weighted by atomic mass is 10.0. The minimum absolute atomic E-state index is 0.231. The first-order valence-electron chi connectivity index (χ1n) is 9.70. The number of nitrogens with two attached hydrogens (primary N) is 1. The number of nitrogens with zero attached hydrogens (tertiary/aromatic N) is 1. The van der Waals surface area contributed by atoms with Gasteiger partial charge in [0.25, 0.3) is 11.8 Å². The lowest BCUT2D eigenvalue weighted by molar-refractivity contribution is -0.134. The summed E-state index contributed by atoms with van der Waals surface area (Å²) < 4.78 is 5.30. The number of likely N-dealkylation sites (N-methyl/N-ethyl adjacent to an activating group) is 1. The Morgan fingerprint density at radius 3 is 2.30 bits per heavy atom. The van der Waals surface area contributed by atoms with Crippen LogP contribution in [0.3, 0.4) is 0 Å². The van der Waals surface area contributed by atoms with Crippen molar-refractivity contribution in [3.63, 3.8) is 0 Å². The largest absolute Gasteiger partial charge is 0.349 e. The van der Waals surface area contributed by atoms with Gasteiger partial charge in [-0.2, -0.15) is 0 Å². The Balaban J connectivity index is 1.61. The summed E-state index contributed by atoms with van der Waals surface area (Å²) in [5.41, 5.74) is 7.97. The predicted molar refractivity (Wildman–Crippen MR) is 112 cm³/mol. The van der Waals surface area contributed by atoms with E-state index in [0.717, 1.165) is 11.1 Å². The van der Waals surface area contributed by atoms with Crippen LogP contribution in [0, 0.1) is 0 Å².